The van der Waals surface area contributed by atoms with Gasteiger partial charge in [-0.05, 0) is 44.6 Å². The van der Waals surface area contributed by atoms with Crippen LogP contribution >= 0.6 is 0 Å². The predicted octanol–water partition coefficient (Wildman–Crippen LogP) is 6.13. The van der Waals surface area contributed by atoms with Gasteiger partial charge in [-0.2, -0.15) is 0 Å². The molecule has 0 N–H and O–H groups in total. The first kappa shape index (κ1) is 18.9. The summed E-state index contributed by atoms with van der Waals surface area (Å²) in [7, 11) is 0. The van der Waals surface area contributed by atoms with Gasteiger partial charge in [0.15, 0.2) is 0 Å². The van der Waals surface area contributed by atoms with Crippen LogP contribution in [-0.2, 0) is 0 Å². The maximum atomic E-state index is 4.98. The number of aliphatic imine (C=N–C) groups is 1. The van der Waals surface area contributed by atoms with Crippen LogP contribution in [0, 0.1) is 5.92 Å². The Hall–Kier alpha value is -1.11. The summed E-state index contributed by atoms with van der Waals surface area (Å²) in [6, 6.07) is 0.239. The van der Waals surface area contributed by atoms with Gasteiger partial charge in [-0.15, -0.1) is 0 Å². The fourth-order valence-corrected chi connectivity index (χ4v) is 2.29. The molecule has 1 heteroatoms. The highest BCUT2D eigenvalue weighted by molar-refractivity contribution is 5.86. The lowest BCUT2D eigenvalue weighted by Crippen LogP contribution is -2.14. The van der Waals surface area contributed by atoms with E-state index in [1.807, 2.05) is 6.92 Å². The third kappa shape index (κ3) is 7.47. The molecule has 0 aliphatic carbocycles. The Morgan fingerprint density at radius 1 is 1.15 bits per heavy atom. The summed E-state index contributed by atoms with van der Waals surface area (Å²) in [4.78, 5) is 4.98. The van der Waals surface area contributed by atoms with Crippen LogP contribution < -0.4 is 0 Å². The first-order valence-electron chi connectivity index (χ1n) is 8.16. The van der Waals surface area contributed by atoms with E-state index in [2.05, 4.69) is 65.0 Å². The zero-order valence-electron chi connectivity index (χ0n) is 14.3. The summed E-state index contributed by atoms with van der Waals surface area (Å²) in [5, 5.41) is 0. The minimum absolute atomic E-state index is 0.239. The number of allylic oxidation sites excluding steroid dienone is 4. The van der Waals surface area contributed by atoms with Gasteiger partial charge in [0.1, 0.15) is 0 Å². The van der Waals surface area contributed by atoms with Gasteiger partial charge < -0.3 is 0 Å². The van der Waals surface area contributed by atoms with E-state index < -0.39 is 0 Å². The molecular weight excluding hydrogens is 242 g/mol. The largest absolute Gasteiger partial charge is 0.286 e. The van der Waals surface area contributed by atoms with Crippen LogP contribution in [0.1, 0.15) is 67.2 Å². The Morgan fingerprint density at radius 2 is 1.85 bits per heavy atom. The van der Waals surface area contributed by atoms with Crippen molar-refractivity contribution in [1.29, 1.82) is 0 Å². The SMILES string of the molecule is C/C=C/C=C(\C=C/CC)C(C)N=C(CC)C(C)CCC. The zero-order valence-corrected chi connectivity index (χ0v) is 14.3. The van der Waals surface area contributed by atoms with Gasteiger partial charge >= 0.3 is 0 Å². The lowest BCUT2D eigenvalue weighted by molar-refractivity contribution is 0.650. The fourth-order valence-electron chi connectivity index (χ4n) is 2.29. The van der Waals surface area contributed by atoms with Gasteiger partial charge in [-0.25, -0.2) is 0 Å². The molecule has 1 nitrogen and oxygen atoms in total. The maximum absolute atomic E-state index is 4.98. The average molecular weight is 275 g/mol. The molecule has 114 valence electrons. The Bertz CT molecular complexity index is 358. The van der Waals surface area contributed by atoms with Crippen molar-refractivity contribution >= 4 is 5.71 Å². The van der Waals surface area contributed by atoms with Crippen molar-refractivity contribution in [2.45, 2.75) is 73.3 Å². The summed E-state index contributed by atoms with van der Waals surface area (Å²) in [6.07, 6.45) is 15.4. The standard InChI is InChI=1S/C19H33N/c1-7-11-14-18(15-12-8-2)17(6)20-19(10-4)16(5)13-9-3/h7,11-12,14-17H,8-10,13H2,1-6H3/b11-7+,15-12-,18-14+,20-19?. The van der Waals surface area contributed by atoms with E-state index in [1.54, 1.807) is 0 Å². The van der Waals surface area contributed by atoms with Crippen molar-refractivity contribution in [1.82, 2.24) is 0 Å². The molecule has 2 atom stereocenters. The summed E-state index contributed by atoms with van der Waals surface area (Å²) in [6.45, 7) is 13.2. The predicted molar refractivity (Wildman–Crippen MR) is 93.6 cm³/mol. The smallest absolute Gasteiger partial charge is 0.0720 e. The number of hydrogen-bond acceptors (Lipinski definition) is 1. The molecule has 0 spiro atoms. The average Bonchev–Trinajstić information content (AvgIpc) is 2.44. The van der Waals surface area contributed by atoms with Crippen molar-refractivity contribution in [3.63, 3.8) is 0 Å². The zero-order chi connectivity index (χ0) is 15.4. The molecule has 0 aliphatic rings. The highest BCUT2D eigenvalue weighted by Gasteiger charge is 2.11. The molecule has 0 aromatic rings. The molecule has 0 saturated carbocycles. The minimum atomic E-state index is 0.239. The lowest BCUT2D eigenvalue weighted by atomic mass is 9.97. The van der Waals surface area contributed by atoms with E-state index >= 15 is 0 Å². The first-order valence-corrected chi connectivity index (χ1v) is 8.16. The van der Waals surface area contributed by atoms with E-state index in [9.17, 15) is 0 Å². The summed E-state index contributed by atoms with van der Waals surface area (Å²) in [5.41, 5.74) is 2.65. The fraction of sp³-hybridized carbons (Fsp3) is 0.632. The molecule has 0 rings (SSSR count). The molecule has 0 radical (unpaired) electrons. The minimum Gasteiger partial charge on any atom is -0.286 e. The quantitative estimate of drug-likeness (QED) is 0.354. The highest BCUT2D eigenvalue weighted by atomic mass is 14.8. The summed E-state index contributed by atoms with van der Waals surface area (Å²) >= 11 is 0. The Labute approximate surface area is 126 Å². The first-order chi connectivity index (χ1) is 9.60. The van der Waals surface area contributed by atoms with Crippen LogP contribution in [0.25, 0.3) is 0 Å². The molecule has 0 aliphatic heterocycles. The molecule has 20 heavy (non-hydrogen) atoms. The molecule has 0 fully saturated rings. The van der Waals surface area contributed by atoms with Crippen LogP contribution in [0.5, 0.6) is 0 Å². The third-order valence-electron chi connectivity index (χ3n) is 3.52. The molecule has 0 bridgehead atoms. The van der Waals surface area contributed by atoms with Gasteiger partial charge in [0.2, 0.25) is 0 Å². The van der Waals surface area contributed by atoms with E-state index in [-0.39, 0.29) is 6.04 Å². The van der Waals surface area contributed by atoms with E-state index in [0.717, 1.165) is 12.8 Å². The van der Waals surface area contributed by atoms with E-state index in [1.165, 1.54) is 24.1 Å². The molecule has 0 saturated heterocycles. The van der Waals surface area contributed by atoms with Gasteiger partial charge in [-0.3, -0.25) is 4.99 Å². The third-order valence-corrected chi connectivity index (χ3v) is 3.52. The second-order valence-corrected chi connectivity index (χ2v) is 5.34. The Kier molecular flexibility index (Phi) is 11.0. The number of nitrogens with zero attached hydrogens (tertiary/aromatic N) is 1. The van der Waals surface area contributed by atoms with Crippen LogP contribution in [0.3, 0.4) is 0 Å². The van der Waals surface area contributed by atoms with Crippen LogP contribution in [0.4, 0.5) is 0 Å². The number of rotatable bonds is 9. The van der Waals surface area contributed by atoms with Crippen molar-refractivity contribution in [3.8, 4) is 0 Å². The van der Waals surface area contributed by atoms with Gasteiger partial charge in [-0.1, -0.05) is 64.5 Å². The molecular formula is C19H33N. The van der Waals surface area contributed by atoms with Crippen molar-refractivity contribution in [2.75, 3.05) is 0 Å². The van der Waals surface area contributed by atoms with Gasteiger partial charge in [0.05, 0.1) is 6.04 Å². The van der Waals surface area contributed by atoms with Crippen molar-refractivity contribution < 1.29 is 0 Å². The van der Waals surface area contributed by atoms with Crippen molar-refractivity contribution in [3.05, 3.63) is 36.0 Å². The molecule has 0 aromatic carbocycles. The topological polar surface area (TPSA) is 12.4 Å². The van der Waals surface area contributed by atoms with Crippen LogP contribution in [0.2, 0.25) is 0 Å². The Morgan fingerprint density at radius 3 is 2.35 bits per heavy atom. The Balaban J connectivity index is 5.12. The van der Waals surface area contributed by atoms with Crippen LogP contribution in [-0.4, -0.2) is 11.8 Å². The summed E-state index contributed by atoms with van der Waals surface area (Å²) < 4.78 is 0. The lowest BCUT2D eigenvalue weighted by Gasteiger charge is -2.16. The van der Waals surface area contributed by atoms with Crippen molar-refractivity contribution in [2.24, 2.45) is 10.9 Å². The summed E-state index contributed by atoms with van der Waals surface area (Å²) in [5.74, 6) is 0.602. The molecule has 2 unspecified atom stereocenters. The monoisotopic (exact) mass is 275 g/mol. The second-order valence-electron chi connectivity index (χ2n) is 5.34. The van der Waals surface area contributed by atoms with Gasteiger partial charge in [0, 0.05) is 5.71 Å². The van der Waals surface area contributed by atoms with E-state index in [0.29, 0.717) is 5.92 Å². The number of hydrogen-bond donors (Lipinski definition) is 0. The van der Waals surface area contributed by atoms with E-state index in [4.69, 9.17) is 4.99 Å². The van der Waals surface area contributed by atoms with Gasteiger partial charge in [0.25, 0.3) is 0 Å². The normalized spacial score (nSPS) is 17.1. The maximum Gasteiger partial charge on any atom is 0.0720 e. The molecule has 0 aromatic heterocycles. The molecule has 0 heterocycles. The highest BCUT2D eigenvalue weighted by Crippen LogP contribution is 2.16. The molecule has 0 amide bonds. The van der Waals surface area contributed by atoms with Crippen LogP contribution in [0.15, 0.2) is 40.9 Å². The second kappa shape index (κ2) is 11.7.